The number of hydrogen-bond donors (Lipinski definition) is 4. The van der Waals surface area contributed by atoms with E-state index in [0.717, 1.165) is 25.7 Å². The highest BCUT2D eigenvalue weighted by Gasteiger charge is 2.22. The first-order valence-electron chi connectivity index (χ1n) is 11.1. The van der Waals surface area contributed by atoms with Crippen molar-refractivity contribution in [1.82, 2.24) is 20.2 Å². The van der Waals surface area contributed by atoms with Crippen molar-refractivity contribution in [2.45, 2.75) is 77.5 Å². The van der Waals surface area contributed by atoms with Crippen molar-refractivity contribution in [2.75, 3.05) is 6.54 Å². The Morgan fingerprint density at radius 3 is 2.50 bits per heavy atom. The minimum atomic E-state index is -1.20. The second-order valence-electron chi connectivity index (χ2n) is 7.70. The summed E-state index contributed by atoms with van der Waals surface area (Å²) in [6.45, 7) is 1.54. The number of rotatable bonds is 16. The monoisotopic (exact) mass is 485 g/mol. The van der Waals surface area contributed by atoms with Gasteiger partial charge in [-0.1, -0.05) is 32.6 Å². The molecule has 1 atom stereocenters. The Balaban J connectivity index is 2.39. The zero-order chi connectivity index (χ0) is 25.5. The molecule has 13 heteroatoms. The fraction of sp³-hybridized carbons (Fsp3) is 0.619. The van der Waals surface area contributed by atoms with E-state index < -0.39 is 47.6 Å². The van der Waals surface area contributed by atoms with Crippen molar-refractivity contribution in [3.05, 3.63) is 32.9 Å². The largest absolute Gasteiger partial charge is 0.444 e. The second kappa shape index (κ2) is 15.3. The molecule has 0 aliphatic carbocycles. The van der Waals surface area contributed by atoms with Crippen LogP contribution < -0.4 is 27.6 Å². The number of hydrogen-bond acceptors (Lipinski definition) is 7. The van der Waals surface area contributed by atoms with Crippen LogP contribution in [-0.2, 0) is 30.6 Å². The predicted molar refractivity (Wildman–Crippen MR) is 119 cm³/mol. The molecule has 0 radical (unpaired) electrons. The maximum Gasteiger partial charge on any atom is 0.331 e. The standard InChI is InChI=1S/C21H32FN5O7/c1-2-3-4-5-6-8-17(29)25-15(11-16(23)28)20(32)24-10-7-9-18(30)34-13-27-12-14(22)19(31)26-21(27)33/h12,15H,2-11,13H2,1H3,(H2,23,28)(H,24,32)(H,25,29)(H,26,31,33). The number of nitrogens with two attached hydrogens (primary N) is 1. The highest BCUT2D eigenvalue weighted by atomic mass is 19.1. The summed E-state index contributed by atoms with van der Waals surface area (Å²) in [5.41, 5.74) is 3.05. The number of aromatic amines is 1. The number of halogens is 1. The van der Waals surface area contributed by atoms with Crippen molar-refractivity contribution in [3.63, 3.8) is 0 Å². The van der Waals surface area contributed by atoms with Gasteiger partial charge >= 0.3 is 11.7 Å². The van der Waals surface area contributed by atoms with E-state index in [4.69, 9.17) is 10.5 Å². The predicted octanol–water partition coefficient (Wildman–Crippen LogP) is -0.206. The van der Waals surface area contributed by atoms with Crippen LogP contribution in [0.25, 0.3) is 0 Å². The summed E-state index contributed by atoms with van der Waals surface area (Å²) in [4.78, 5) is 71.6. The van der Waals surface area contributed by atoms with Crippen LogP contribution >= 0.6 is 0 Å². The Bertz CT molecular complexity index is 960. The summed E-state index contributed by atoms with van der Waals surface area (Å²) in [5, 5.41) is 5.03. The summed E-state index contributed by atoms with van der Waals surface area (Å²) in [7, 11) is 0. The quantitative estimate of drug-likeness (QED) is 0.184. The van der Waals surface area contributed by atoms with E-state index in [1.165, 1.54) is 0 Å². The third kappa shape index (κ3) is 11.4. The van der Waals surface area contributed by atoms with Gasteiger partial charge in [-0.25, -0.2) is 4.79 Å². The van der Waals surface area contributed by atoms with Gasteiger partial charge in [0, 0.05) is 19.4 Å². The van der Waals surface area contributed by atoms with Crippen LogP contribution in [0.15, 0.2) is 15.8 Å². The van der Waals surface area contributed by atoms with Gasteiger partial charge in [-0.3, -0.25) is 33.5 Å². The molecule has 5 N–H and O–H groups in total. The number of ether oxygens (including phenoxy) is 1. The Morgan fingerprint density at radius 1 is 1.12 bits per heavy atom. The molecule has 0 aromatic carbocycles. The average molecular weight is 486 g/mol. The summed E-state index contributed by atoms with van der Waals surface area (Å²) in [6, 6.07) is -1.12. The van der Waals surface area contributed by atoms with Gasteiger partial charge in [-0.2, -0.15) is 4.39 Å². The fourth-order valence-electron chi connectivity index (χ4n) is 2.93. The molecule has 0 saturated heterocycles. The van der Waals surface area contributed by atoms with Gasteiger partial charge < -0.3 is 21.1 Å². The third-order valence-electron chi connectivity index (χ3n) is 4.75. The molecule has 0 spiro atoms. The molecule has 3 amide bonds. The van der Waals surface area contributed by atoms with Gasteiger partial charge in [-0.15, -0.1) is 0 Å². The molecule has 0 fully saturated rings. The number of primary amides is 1. The van der Waals surface area contributed by atoms with Crippen LogP contribution in [-0.4, -0.2) is 45.8 Å². The van der Waals surface area contributed by atoms with Crippen molar-refractivity contribution in [3.8, 4) is 0 Å². The lowest BCUT2D eigenvalue weighted by Crippen LogP contribution is -2.48. The number of unbranched alkanes of at least 4 members (excludes halogenated alkanes) is 4. The molecule has 0 aliphatic rings. The normalized spacial score (nSPS) is 11.5. The Labute approximate surface area is 195 Å². The number of aromatic nitrogens is 2. The number of esters is 1. The number of H-pyrrole nitrogens is 1. The number of amides is 3. The highest BCUT2D eigenvalue weighted by Crippen LogP contribution is 2.05. The van der Waals surface area contributed by atoms with Gasteiger partial charge in [0.2, 0.25) is 23.5 Å². The Morgan fingerprint density at radius 2 is 1.82 bits per heavy atom. The first-order chi connectivity index (χ1) is 16.1. The second-order valence-corrected chi connectivity index (χ2v) is 7.70. The number of nitrogens with one attached hydrogen (secondary N) is 3. The first-order valence-corrected chi connectivity index (χ1v) is 11.1. The molecule has 1 unspecified atom stereocenters. The molecule has 1 aromatic heterocycles. The maximum absolute atomic E-state index is 13.2. The first kappa shape index (κ1) is 28.5. The molecule has 12 nitrogen and oxygen atoms in total. The molecular weight excluding hydrogens is 453 g/mol. The molecule has 190 valence electrons. The van der Waals surface area contributed by atoms with Gasteiger partial charge in [0.05, 0.1) is 12.6 Å². The number of carbonyl (C=O) groups is 4. The minimum absolute atomic E-state index is 0.0450. The fourth-order valence-corrected chi connectivity index (χ4v) is 2.93. The van der Waals surface area contributed by atoms with Crippen LogP contribution in [0.5, 0.6) is 0 Å². The molecule has 1 rings (SSSR count). The smallest absolute Gasteiger partial charge is 0.331 e. The topological polar surface area (TPSA) is 182 Å². The summed E-state index contributed by atoms with van der Waals surface area (Å²) in [6.07, 6.45) is 5.29. The minimum Gasteiger partial charge on any atom is -0.444 e. The van der Waals surface area contributed by atoms with E-state index >= 15 is 0 Å². The zero-order valence-electron chi connectivity index (χ0n) is 19.2. The molecule has 0 aliphatic heterocycles. The molecule has 0 bridgehead atoms. The van der Waals surface area contributed by atoms with Gasteiger partial charge in [0.1, 0.15) is 6.04 Å². The molecular formula is C21H32FN5O7. The highest BCUT2D eigenvalue weighted by molar-refractivity contribution is 5.91. The van der Waals surface area contributed by atoms with E-state index in [1.54, 1.807) is 4.98 Å². The SMILES string of the molecule is CCCCCCCC(=O)NC(CC(N)=O)C(=O)NCCCC(=O)OCn1cc(F)c(=O)[nH]c1=O. The lowest BCUT2D eigenvalue weighted by Gasteiger charge is -2.17. The van der Waals surface area contributed by atoms with Crippen molar-refractivity contribution < 1.29 is 28.3 Å². The molecule has 0 saturated carbocycles. The Hall–Kier alpha value is -3.51. The van der Waals surface area contributed by atoms with E-state index in [0.29, 0.717) is 17.2 Å². The molecule has 1 aromatic rings. The molecule has 1 heterocycles. The van der Waals surface area contributed by atoms with E-state index in [-0.39, 0.29) is 38.1 Å². The average Bonchev–Trinajstić information content (AvgIpc) is 2.77. The number of nitrogens with zero attached hydrogens (tertiary/aromatic N) is 1. The van der Waals surface area contributed by atoms with E-state index in [9.17, 15) is 33.2 Å². The van der Waals surface area contributed by atoms with Crippen molar-refractivity contribution in [1.29, 1.82) is 0 Å². The molecule has 34 heavy (non-hydrogen) atoms. The van der Waals surface area contributed by atoms with Gasteiger partial charge in [0.25, 0.3) is 5.56 Å². The van der Waals surface area contributed by atoms with Crippen LogP contribution in [0.1, 0.15) is 64.7 Å². The summed E-state index contributed by atoms with van der Waals surface area (Å²) >= 11 is 0. The van der Waals surface area contributed by atoms with Crippen LogP contribution in [0.4, 0.5) is 4.39 Å². The number of carbonyl (C=O) groups excluding carboxylic acids is 4. The lowest BCUT2D eigenvalue weighted by atomic mass is 10.1. The Kier molecular flexibility index (Phi) is 12.9. The maximum atomic E-state index is 13.2. The lowest BCUT2D eigenvalue weighted by molar-refractivity contribution is -0.147. The van der Waals surface area contributed by atoms with Crippen LogP contribution in [0, 0.1) is 5.82 Å². The zero-order valence-corrected chi connectivity index (χ0v) is 19.2. The van der Waals surface area contributed by atoms with Crippen LogP contribution in [0.3, 0.4) is 0 Å². The van der Waals surface area contributed by atoms with Crippen LogP contribution in [0.2, 0.25) is 0 Å². The summed E-state index contributed by atoms with van der Waals surface area (Å²) < 4.78 is 18.7. The van der Waals surface area contributed by atoms with Gasteiger partial charge in [-0.05, 0) is 12.8 Å². The summed E-state index contributed by atoms with van der Waals surface area (Å²) in [5.74, 6) is -3.64. The van der Waals surface area contributed by atoms with Gasteiger partial charge in [0.15, 0.2) is 6.73 Å². The third-order valence-corrected chi connectivity index (χ3v) is 4.75. The van der Waals surface area contributed by atoms with E-state index in [1.807, 2.05) is 0 Å². The van der Waals surface area contributed by atoms with Crippen molar-refractivity contribution in [2.24, 2.45) is 5.73 Å². The van der Waals surface area contributed by atoms with Crippen molar-refractivity contribution >= 4 is 23.7 Å². The van der Waals surface area contributed by atoms with E-state index in [2.05, 4.69) is 17.6 Å².